The first-order chi connectivity index (χ1) is 40.9. The van der Waals surface area contributed by atoms with Crippen LogP contribution in [0.1, 0.15) is 112 Å². The summed E-state index contributed by atoms with van der Waals surface area (Å²) in [6.45, 7) is 12.6. The molecule has 0 fully saturated rings. The standard InChI is InChI=1S/C53H96N10O19S.C2H6/c1-40(51(54)72)11-4-7-17-57-46(67)35-79-31-28-76-24-20-59-47(68)36-80-32-27-75-23-19-58-45(66)15-10-14-44(65)56-16-9-6-13-43(53(74)62-18-8-5-12-41(2)52(55)73)63-49(70)38-82-34-30-77-25-21-60-48(69)37-81-33-29-78-26-22-61-50(71)39-83-42(3)64;1-2/h40-41,43H,4-39H2,1-3H3,(H2,54,72)(H2,55,73)(H,56,65)(H,57,67)(H,58,66)(H,59,68)(H,60,69)(H,61,71)(H,62,74)(H,63,70);1-2H3/t40-,41+,43-;/m0./s1. The molecule has 0 aliphatic heterocycles. The van der Waals surface area contributed by atoms with E-state index in [0.717, 1.165) is 24.6 Å². The summed E-state index contributed by atoms with van der Waals surface area (Å²) < 4.78 is 42.8. The highest BCUT2D eigenvalue weighted by Crippen LogP contribution is 2.08. The number of carbonyl (C=O) groups is 11. The Hall–Kier alpha value is -5.60. The summed E-state index contributed by atoms with van der Waals surface area (Å²) >= 11 is 0.924. The molecular weight excluding hydrogens is 1140 g/mol. The number of carbonyl (C=O) groups excluding carboxylic acids is 11. The van der Waals surface area contributed by atoms with Crippen molar-refractivity contribution < 1.29 is 90.6 Å². The first kappa shape index (κ1) is 81.5. The Bertz CT molecular complexity index is 1860. The van der Waals surface area contributed by atoms with Gasteiger partial charge in [-0.2, -0.15) is 0 Å². The maximum atomic E-state index is 13.1. The van der Waals surface area contributed by atoms with Crippen molar-refractivity contribution in [3.05, 3.63) is 0 Å². The first-order valence-electron chi connectivity index (χ1n) is 29.4. The van der Waals surface area contributed by atoms with Crippen LogP contribution in [0.15, 0.2) is 0 Å². The van der Waals surface area contributed by atoms with Crippen LogP contribution in [0.2, 0.25) is 0 Å². The predicted octanol–water partition coefficient (Wildman–Crippen LogP) is -1.35. The molecule has 0 saturated heterocycles. The van der Waals surface area contributed by atoms with E-state index in [1.165, 1.54) is 6.92 Å². The molecule has 0 unspecified atom stereocenters. The Labute approximate surface area is 505 Å². The quantitative estimate of drug-likeness (QED) is 0.0315. The molecule has 0 aromatic carbocycles. The molecule has 12 N–H and O–H groups in total. The Kier molecular flexibility index (Phi) is 56.3. The van der Waals surface area contributed by atoms with Gasteiger partial charge >= 0.3 is 0 Å². The number of rotatable bonds is 57. The van der Waals surface area contributed by atoms with Crippen molar-refractivity contribution in [2.45, 2.75) is 118 Å². The summed E-state index contributed by atoms with van der Waals surface area (Å²) in [5.41, 5.74) is 10.6. The number of nitrogens with one attached hydrogen (secondary N) is 8. The van der Waals surface area contributed by atoms with Gasteiger partial charge in [0, 0.05) is 77.4 Å². The lowest BCUT2D eigenvalue weighted by Gasteiger charge is -2.19. The van der Waals surface area contributed by atoms with Gasteiger partial charge in [-0.15, -0.1) is 0 Å². The topological polar surface area (TPSA) is 410 Å². The highest BCUT2D eigenvalue weighted by molar-refractivity contribution is 8.14. The minimum atomic E-state index is -0.872. The largest absolute Gasteiger partial charge is 0.377 e. The second kappa shape index (κ2) is 58.8. The third-order valence-electron chi connectivity index (χ3n) is 11.5. The second-order valence-corrected chi connectivity index (χ2v) is 20.1. The van der Waals surface area contributed by atoms with Crippen LogP contribution in [-0.4, -0.2) is 228 Å². The molecular formula is C55H102N10O19S. The summed E-state index contributed by atoms with van der Waals surface area (Å²) in [6.07, 6.45) is 5.95. The van der Waals surface area contributed by atoms with Gasteiger partial charge in [-0.3, -0.25) is 52.7 Å². The first-order valence-corrected chi connectivity index (χ1v) is 30.4. The highest BCUT2D eigenvalue weighted by atomic mass is 32.2. The van der Waals surface area contributed by atoms with Crippen molar-refractivity contribution in [2.75, 3.05) is 157 Å². The minimum absolute atomic E-state index is 0.0543. The van der Waals surface area contributed by atoms with E-state index in [1.807, 2.05) is 13.8 Å². The van der Waals surface area contributed by atoms with Gasteiger partial charge in [0.15, 0.2) is 5.12 Å². The van der Waals surface area contributed by atoms with Gasteiger partial charge in [0.05, 0.1) is 85.0 Å². The number of thioether (sulfide) groups is 1. The number of unbranched alkanes of at least 4 members (excludes halogenated alkanes) is 3. The molecule has 0 bridgehead atoms. The van der Waals surface area contributed by atoms with Crippen molar-refractivity contribution in [2.24, 2.45) is 23.3 Å². The van der Waals surface area contributed by atoms with E-state index in [1.54, 1.807) is 13.8 Å². The Morgan fingerprint density at radius 2 is 0.682 bits per heavy atom. The molecule has 0 radical (unpaired) electrons. The fourth-order valence-corrected chi connectivity index (χ4v) is 7.19. The van der Waals surface area contributed by atoms with E-state index < -0.39 is 11.9 Å². The molecule has 492 valence electrons. The third kappa shape index (κ3) is 57.3. The van der Waals surface area contributed by atoms with Gasteiger partial charge in [-0.05, 0) is 51.4 Å². The zero-order valence-corrected chi connectivity index (χ0v) is 51.8. The zero-order valence-electron chi connectivity index (χ0n) is 51.0. The molecule has 29 nitrogen and oxygen atoms in total. The van der Waals surface area contributed by atoms with Crippen LogP contribution >= 0.6 is 11.8 Å². The van der Waals surface area contributed by atoms with Gasteiger partial charge < -0.3 is 91.9 Å². The molecule has 30 heteroatoms. The van der Waals surface area contributed by atoms with E-state index in [2.05, 4.69) is 42.5 Å². The Morgan fingerprint density at radius 1 is 0.365 bits per heavy atom. The molecule has 0 heterocycles. The van der Waals surface area contributed by atoms with E-state index in [0.29, 0.717) is 64.6 Å². The fraction of sp³-hybridized carbons (Fsp3) is 0.800. The smallest absolute Gasteiger partial charge is 0.246 e. The van der Waals surface area contributed by atoms with Crippen LogP contribution in [0.4, 0.5) is 0 Å². The fourth-order valence-electron chi connectivity index (χ4n) is 6.75. The lowest BCUT2D eigenvalue weighted by molar-refractivity contribution is -0.132. The second-order valence-electron chi connectivity index (χ2n) is 18.9. The maximum absolute atomic E-state index is 13.1. The predicted molar refractivity (Wildman–Crippen MR) is 316 cm³/mol. The molecule has 0 saturated carbocycles. The van der Waals surface area contributed by atoms with Crippen LogP contribution < -0.4 is 54.0 Å². The summed E-state index contributed by atoms with van der Waals surface area (Å²) in [5.74, 6) is -3.68. The molecule has 10 amide bonds. The number of hydrogen-bond donors (Lipinski definition) is 10. The van der Waals surface area contributed by atoms with E-state index in [4.69, 9.17) is 49.4 Å². The van der Waals surface area contributed by atoms with E-state index in [9.17, 15) is 52.7 Å². The number of nitrogens with two attached hydrogens (primary N) is 2. The monoisotopic (exact) mass is 1240 g/mol. The average molecular weight is 1240 g/mol. The van der Waals surface area contributed by atoms with E-state index in [-0.39, 0.29) is 227 Å². The Morgan fingerprint density at radius 3 is 1.07 bits per heavy atom. The summed E-state index contributed by atoms with van der Waals surface area (Å²) in [4.78, 5) is 131. The molecule has 85 heavy (non-hydrogen) atoms. The zero-order chi connectivity index (χ0) is 63.6. The molecule has 0 aliphatic carbocycles. The van der Waals surface area contributed by atoms with Crippen molar-refractivity contribution in [3.8, 4) is 0 Å². The van der Waals surface area contributed by atoms with Crippen LogP contribution in [0.25, 0.3) is 0 Å². The maximum Gasteiger partial charge on any atom is 0.246 e. The summed E-state index contributed by atoms with van der Waals surface area (Å²) in [7, 11) is 0. The minimum Gasteiger partial charge on any atom is -0.377 e. The molecule has 0 rings (SSSR count). The van der Waals surface area contributed by atoms with Crippen LogP contribution in [0.5, 0.6) is 0 Å². The highest BCUT2D eigenvalue weighted by Gasteiger charge is 2.21. The molecule has 3 atom stereocenters. The molecule has 0 aromatic rings. The van der Waals surface area contributed by atoms with Gasteiger partial charge in [0.25, 0.3) is 0 Å². The van der Waals surface area contributed by atoms with Crippen molar-refractivity contribution in [3.63, 3.8) is 0 Å². The van der Waals surface area contributed by atoms with Crippen molar-refractivity contribution in [1.29, 1.82) is 0 Å². The van der Waals surface area contributed by atoms with Gasteiger partial charge in [-0.1, -0.05) is 52.3 Å². The lowest BCUT2D eigenvalue weighted by atomic mass is 10.0. The average Bonchev–Trinajstić information content (AvgIpc) is 3.54. The number of ether oxygens (including phenoxy) is 8. The van der Waals surface area contributed by atoms with Crippen LogP contribution in [0.3, 0.4) is 0 Å². The number of hydrogen-bond acceptors (Lipinski definition) is 20. The van der Waals surface area contributed by atoms with E-state index >= 15 is 0 Å². The summed E-state index contributed by atoms with van der Waals surface area (Å²) in [6, 6.07) is -0.872. The van der Waals surface area contributed by atoms with Gasteiger partial charge in [0.2, 0.25) is 59.1 Å². The molecule has 0 aliphatic rings. The van der Waals surface area contributed by atoms with Crippen molar-refractivity contribution >= 4 is 75.9 Å². The SMILES string of the molecule is CC.CC(=O)SCC(=O)NCCOCCOCC(=O)NCCOCCOCC(=O)N[C@@H](CCCCNC(=O)CCCC(=O)NCCOCCOCC(=O)NCCOCCOCC(=O)NCCCC[C@H](C)C(N)=O)C(=O)NCCCC[C@@H](C)C(N)=O. The molecule has 0 aromatic heterocycles. The summed E-state index contributed by atoms with van der Waals surface area (Å²) in [5, 5.41) is 21.6. The number of primary amides is 2. The molecule has 0 spiro atoms. The normalized spacial score (nSPS) is 11.8. The lowest BCUT2D eigenvalue weighted by Crippen LogP contribution is -2.48. The van der Waals surface area contributed by atoms with Gasteiger partial charge in [-0.25, -0.2) is 0 Å². The van der Waals surface area contributed by atoms with Gasteiger partial charge in [0.1, 0.15) is 32.5 Å². The van der Waals surface area contributed by atoms with Crippen LogP contribution in [-0.2, 0) is 90.6 Å². The Balaban J connectivity index is 0. The number of amides is 10. The van der Waals surface area contributed by atoms with Crippen molar-refractivity contribution in [1.82, 2.24) is 42.5 Å². The third-order valence-corrected chi connectivity index (χ3v) is 12.3. The van der Waals surface area contributed by atoms with Crippen LogP contribution in [0, 0.1) is 11.8 Å².